The fourth-order valence-corrected chi connectivity index (χ4v) is 2.06. The molecule has 0 radical (unpaired) electrons. The van der Waals surface area contributed by atoms with Gasteiger partial charge in [-0.15, -0.1) is 0 Å². The van der Waals surface area contributed by atoms with Crippen molar-refractivity contribution in [3.8, 4) is 0 Å². The Kier molecular flexibility index (Phi) is 1.72. The lowest BCUT2D eigenvalue weighted by molar-refractivity contribution is -0.109. The lowest BCUT2D eigenvalue weighted by Crippen LogP contribution is -1.92. The van der Waals surface area contributed by atoms with Crippen molar-refractivity contribution in [3.05, 3.63) is 35.4 Å². The molecule has 0 aliphatic heterocycles. The van der Waals surface area contributed by atoms with E-state index >= 15 is 0 Å². The normalized spacial score (nSPS) is 26.8. The Morgan fingerprint density at radius 2 is 2.00 bits per heavy atom. The number of carbonyl (C=O) groups is 1. The van der Waals surface area contributed by atoms with Crippen LogP contribution >= 0.6 is 0 Å². The second kappa shape index (κ2) is 2.74. The average Bonchev–Trinajstić information content (AvgIpc) is 2.44. The van der Waals surface area contributed by atoms with Gasteiger partial charge >= 0.3 is 0 Å². The molecular formula is C11H12O. The minimum Gasteiger partial charge on any atom is -0.303 e. The van der Waals surface area contributed by atoms with Crippen LogP contribution in [-0.4, -0.2) is 6.29 Å². The number of benzene rings is 1. The van der Waals surface area contributed by atoms with E-state index in [9.17, 15) is 4.79 Å². The zero-order chi connectivity index (χ0) is 8.55. The summed E-state index contributed by atoms with van der Waals surface area (Å²) in [5, 5.41) is 0. The van der Waals surface area contributed by atoms with Crippen molar-refractivity contribution in [3.63, 3.8) is 0 Å². The second-order valence-electron chi connectivity index (χ2n) is 3.51. The van der Waals surface area contributed by atoms with Crippen LogP contribution in [0.3, 0.4) is 0 Å². The maximum Gasteiger partial charge on any atom is 0.127 e. The van der Waals surface area contributed by atoms with Crippen LogP contribution in [0, 0.1) is 0 Å². The Morgan fingerprint density at radius 1 is 1.33 bits per heavy atom. The molecule has 62 valence electrons. The summed E-state index contributed by atoms with van der Waals surface area (Å²) >= 11 is 0. The predicted octanol–water partition coefficient (Wildman–Crippen LogP) is 2.48. The summed E-state index contributed by atoms with van der Waals surface area (Å²) in [5.74, 6) is 0.701. The Labute approximate surface area is 72.4 Å². The van der Waals surface area contributed by atoms with Crippen molar-refractivity contribution in [1.29, 1.82) is 0 Å². The van der Waals surface area contributed by atoms with Crippen molar-refractivity contribution in [2.45, 2.75) is 25.2 Å². The van der Waals surface area contributed by atoms with Gasteiger partial charge in [-0.1, -0.05) is 31.2 Å². The monoisotopic (exact) mass is 160 g/mol. The second-order valence-corrected chi connectivity index (χ2v) is 3.51. The molecule has 0 bridgehead atoms. The van der Waals surface area contributed by atoms with Gasteiger partial charge in [0.25, 0.3) is 0 Å². The van der Waals surface area contributed by atoms with Gasteiger partial charge in [-0.2, -0.15) is 0 Å². The average molecular weight is 160 g/mol. The standard InChI is InChI=1S/C11H12O/c1-8-6-9(7-12)11-5-3-2-4-10(8)11/h2-5,7-9H,6H2,1H3/t8-,9+/m1/s1. The Morgan fingerprint density at radius 3 is 2.67 bits per heavy atom. The van der Waals surface area contributed by atoms with Crippen molar-refractivity contribution in [2.75, 3.05) is 0 Å². The maximum atomic E-state index is 10.7. The van der Waals surface area contributed by atoms with E-state index in [4.69, 9.17) is 0 Å². The molecule has 1 nitrogen and oxygen atoms in total. The van der Waals surface area contributed by atoms with Crippen molar-refractivity contribution >= 4 is 6.29 Å². The highest BCUT2D eigenvalue weighted by Crippen LogP contribution is 2.39. The van der Waals surface area contributed by atoms with Gasteiger partial charge in [0, 0.05) is 5.92 Å². The van der Waals surface area contributed by atoms with Crippen LogP contribution in [-0.2, 0) is 4.79 Å². The highest BCUT2D eigenvalue weighted by molar-refractivity contribution is 5.65. The van der Waals surface area contributed by atoms with Crippen LogP contribution < -0.4 is 0 Å². The van der Waals surface area contributed by atoms with Crippen LogP contribution in [0.4, 0.5) is 0 Å². The number of aldehydes is 1. The summed E-state index contributed by atoms with van der Waals surface area (Å²) in [6.45, 7) is 2.18. The first kappa shape index (κ1) is 7.53. The lowest BCUT2D eigenvalue weighted by atomic mass is 10.0. The quantitative estimate of drug-likeness (QED) is 0.577. The van der Waals surface area contributed by atoms with E-state index in [1.165, 1.54) is 11.1 Å². The minimum absolute atomic E-state index is 0.149. The first-order valence-electron chi connectivity index (χ1n) is 4.37. The Hall–Kier alpha value is -1.11. The molecule has 12 heavy (non-hydrogen) atoms. The zero-order valence-electron chi connectivity index (χ0n) is 7.16. The van der Waals surface area contributed by atoms with Crippen LogP contribution in [0.15, 0.2) is 24.3 Å². The first-order valence-corrected chi connectivity index (χ1v) is 4.37. The van der Waals surface area contributed by atoms with Crippen molar-refractivity contribution < 1.29 is 4.79 Å². The maximum absolute atomic E-state index is 10.7. The lowest BCUT2D eigenvalue weighted by Gasteiger charge is -2.01. The summed E-state index contributed by atoms with van der Waals surface area (Å²) in [7, 11) is 0. The molecule has 2 atom stereocenters. The van der Waals surface area contributed by atoms with Gasteiger partial charge < -0.3 is 4.79 Å². The molecule has 1 heteroatoms. The molecule has 0 saturated heterocycles. The summed E-state index contributed by atoms with van der Waals surface area (Å²) in [5.41, 5.74) is 2.59. The molecule has 0 heterocycles. The number of carbonyl (C=O) groups excluding carboxylic acids is 1. The summed E-state index contributed by atoms with van der Waals surface area (Å²) in [4.78, 5) is 10.7. The third-order valence-electron chi connectivity index (χ3n) is 2.70. The molecule has 0 N–H and O–H groups in total. The molecule has 2 rings (SSSR count). The molecule has 0 spiro atoms. The fourth-order valence-electron chi connectivity index (χ4n) is 2.06. The van der Waals surface area contributed by atoms with E-state index in [1.54, 1.807) is 0 Å². The van der Waals surface area contributed by atoms with Crippen molar-refractivity contribution in [1.82, 2.24) is 0 Å². The van der Waals surface area contributed by atoms with Crippen LogP contribution in [0.1, 0.15) is 36.3 Å². The molecule has 1 aromatic carbocycles. The Balaban J connectivity index is 2.49. The molecule has 0 unspecified atom stereocenters. The van der Waals surface area contributed by atoms with Crippen molar-refractivity contribution in [2.24, 2.45) is 0 Å². The topological polar surface area (TPSA) is 17.1 Å². The summed E-state index contributed by atoms with van der Waals surface area (Å²) < 4.78 is 0. The predicted molar refractivity (Wildman–Crippen MR) is 48.3 cm³/mol. The molecule has 1 aromatic rings. The third kappa shape index (κ3) is 0.970. The summed E-state index contributed by atoms with van der Waals surface area (Å²) in [6, 6.07) is 8.25. The van der Waals surface area contributed by atoms with E-state index in [2.05, 4.69) is 19.1 Å². The largest absolute Gasteiger partial charge is 0.303 e. The van der Waals surface area contributed by atoms with Crippen LogP contribution in [0.2, 0.25) is 0 Å². The third-order valence-corrected chi connectivity index (χ3v) is 2.70. The van der Waals surface area contributed by atoms with E-state index in [0.717, 1.165) is 12.7 Å². The molecule has 1 aliphatic carbocycles. The van der Waals surface area contributed by atoms with E-state index in [1.807, 2.05) is 12.1 Å². The zero-order valence-corrected chi connectivity index (χ0v) is 7.16. The van der Waals surface area contributed by atoms with Crippen LogP contribution in [0.25, 0.3) is 0 Å². The molecule has 0 saturated carbocycles. The SMILES string of the molecule is C[C@@H]1C[C@@H](C=O)c2ccccc21. The molecule has 0 aromatic heterocycles. The molecular weight excluding hydrogens is 148 g/mol. The van der Waals surface area contributed by atoms with Gasteiger partial charge in [-0.25, -0.2) is 0 Å². The number of hydrogen-bond donors (Lipinski definition) is 0. The highest BCUT2D eigenvalue weighted by Gasteiger charge is 2.26. The Bertz CT molecular complexity index is 304. The number of rotatable bonds is 1. The smallest absolute Gasteiger partial charge is 0.127 e. The number of fused-ring (bicyclic) bond motifs is 1. The fraction of sp³-hybridized carbons (Fsp3) is 0.364. The van der Waals surface area contributed by atoms with Gasteiger partial charge in [-0.3, -0.25) is 0 Å². The van der Waals surface area contributed by atoms with Crippen LogP contribution in [0.5, 0.6) is 0 Å². The van der Waals surface area contributed by atoms with Gasteiger partial charge in [0.2, 0.25) is 0 Å². The van der Waals surface area contributed by atoms with Gasteiger partial charge in [-0.05, 0) is 23.5 Å². The molecule has 0 fully saturated rings. The van der Waals surface area contributed by atoms with E-state index < -0.39 is 0 Å². The highest BCUT2D eigenvalue weighted by atomic mass is 16.1. The van der Waals surface area contributed by atoms with Gasteiger partial charge in [0.15, 0.2) is 0 Å². The van der Waals surface area contributed by atoms with Gasteiger partial charge in [0.05, 0.1) is 0 Å². The van der Waals surface area contributed by atoms with E-state index in [-0.39, 0.29) is 5.92 Å². The minimum atomic E-state index is 0.149. The van der Waals surface area contributed by atoms with E-state index in [0.29, 0.717) is 5.92 Å². The molecule has 0 amide bonds. The van der Waals surface area contributed by atoms with Gasteiger partial charge in [0.1, 0.15) is 6.29 Å². The number of hydrogen-bond acceptors (Lipinski definition) is 1. The summed E-state index contributed by atoms with van der Waals surface area (Å²) in [6.07, 6.45) is 2.06. The molecule has 1 aliphatic rings. The first-order chi connectivity index (χ1) is 5.83.